The Labute approximate surface area is 249 Å². The number of nitrogens with one attached hydrogen (secondary N) is 2. The van der Waals surface area contributed by atoms with Crippen molar-refractivity contribution >= 4 is 33.3 Å². The maximum atomic E-state index is 14.3. The number of hydrogen-bond acceptors (Lipinski definition) is 8. The van der Waals surface area contributed by atoms with Crippen molar-refractivity contribution in [3.63, 3.8) is 0 Å². The lowest BCUT2D eigenvalue weighted by Gasteiger charge is -2.19. The lowest BCUT2D eigenvalue weighted by atomic mass is 10.1. The summed E-state index contributed by atoms with van der Waals surface area (Å²) < 4.78 is 63.1. The molecule has 1 fully saturated rings. The second kappa shape index (κ2) is 12.1. The predicted octanol–water partition coefficient (Wildman–Crippen LogP) is 7.59. The fourth-order valence-electron chi connectivity index (χ4n) is 5.34. The van der Waals surface area contributed by atoms with Gasteiger partial charge in [0.25, 0.3) is 0 Å². The zero-order valence-electron chi connectivity index (χ0n) is 23.4. The third-order valence-corrected chi connectivity index (χ3v) is 8.58. The molecule has 0 aliphatic heterocycles. The molecule has 5 aromatic rings. The number of aromatic nitrogens is 4. The molecule has 0 bridgehead atoms. The highest BCUT2D eigenvalue weighted by molar-refractivity contribution is 7.21. The van der Waals surface area contributed by atoms with Gasteiger partial charge < -0.3 is 15.4 Å². The van der Waals surface area contributed by atoms with Crippen LogP contribution in [0.3, 0.4) is 0 Å². The monoisotopic (exact) mass is 608 g/mol. The molecule has 2 N–H and O–H groups in total. The highest BCUT2D eigenvalue weighted by Gasteiger charge is 2.28. The highest BCUT2D eigenvalue weighted by Crippen LogP contribution is 2.38. The Morgan fingerprint density at radius 1 is 0.884 bits per heavy atom. The summed E-state index contributed by atoms with van der Waals surface area (Å²) in [7, 11) is 0. The minimum absolute atomic E-state index is 0.0123. The van der Waals surface area contributed by atoms with E-state index in [2.05, 4.69) is 20.6 Å². The molecular weight excluding hydrogens is 580 g/mol. The smallest absolute Gasteiger partial charge is 0.225 e. The van der Waals surface area contributed by atoms with Gasteiger partial charge in [-0.25, -0.2) is 27.5 Å². The minimum atomic E-state index is -0.731. The quantitative estimate of drug-likeness (QED) is 0.167. The van der Waals surface area contributed by atoms with Crippen molar-refractivity contribution in [1.29, 1.82) is 0 Å². The molecule has 3 heterocycles. The highest BCUT2D eigenvalue weighted by atomic mass is 32.1. The summed E-state index contributed by atoms with van der Waals surface area (Å²) in [6.45, 7) is 3.77. The molecule has 0 spiro atoms. The normalized spacial score (nSPS) is 16.5. The Balaban J connectivity index is 1.26. The first-order valence-electron chi connectivity index (χ1n) is 13.9. The van der Waals surface area contributed by atoms with Crippen LogP contribution in [0.4, 0.5) is 29.3 Å². The number of thiazole rings is 1. The van der Waals surface area contributed by atoms with E-state index in [0.717, 1.165) is 34.3 Å². The number of benzene rings is 2. The van der Waals surface area contributed by atoms with Crippen molar-refractivity contribution in [1.82, 2.24) is 19.9 Å². The number of ether oxygens (including phenoxy) is 1. The Kier molecular flexibility index (Phi) is 8.11. The van der Waals surface area contributed by atoms with E-state index < -0.39 is 23.3 Å². The van der Waals surface area contributed by atoms with Gasteiger partial charge in [0, 0.05) is 24.3 Å². The van der Waals surface area contributed by atoms with E-state index in [0.29, 0.717) is 22.9 Å². The van der Waals surface area contributed by atoms with Crippen molar-refractivity contribution in [3.05, 3.63) is 88.9 Å². The summed E-state index contributed by atoms with van der Waals surface area (Å²) in [5, 5.41) is 7.20. The zero-order valence-corrected chi connectivity index (χ0v) is 24.2. The molecule has 1 saturated carbocycles. The summed E-state index contributed by atoms with van der Waals surface area (Å²) >= 11 is 1.50. The molecule has 0 amide bonds. The lowest BCUT2D eigenvalue weighted by Crippen LogP contribution is -2.20. The van der Waals surface area contributed by atoms with E-state index in [9.17, 15) is 17.6 Å². The van der Waals surface area contributed by atoms with Crippen LogP contribution in [0.1, 0.15) is 36.2 Å². The fourth-order valence-corrected chi connectivity index (χ4v) is 6.45. The number of rotatable bonds is 9. The SMILES string of the molecule is Cc1nc(NCc2c(F)cccc2F)nc(NC2CCC(COc3c(F)cccc3F)C2)c1-c1nc2c(C)nccc2s1. The molecule has 222 valence electrons. The maximum Gasteiger partial charge on any atom is 0.225 e. The molecule has 1 aliphatic carbocycles. The molecule has 0 saturated heterocycles. The molecule has 43 heavy (non-hydrogen) atoms. The first-order chi connectivity index (χ1) is 20.8. The summed E-state index contributed by atoms with van der Waals surface area (Å²) in [5.74, 6) is -2.34. The summed E-state index contributed by atoms with van der Waals surface area (Å²) in [4.78, 5) is 18.5. The molecule has 0 radical (unpaired) electrons. The number of hydrogen-bond donors (Lipinski definition) is 2. The van der Waals surface area contributed by atoms with Gasteiger partial charge in [-0.2, -0.15) is 4.98 Å². The predicted molar refractivity (Wildman–Crippen MR) is 158 cm³/mol. The molecule has 12 heteroatoms. The second-order valence-electron chi connectivity index (χ2n) is 10.6. The van der Waals surface area contributed by atoms with E-state index in [4.69, 9.17) is 14.7 Å². The molecule has 6 rings (SSSR count). The van der Waals surface area contributed by atoms with Crippen LogP contribution in [-0.2, 0) is 6.54 Å². The zero-order chi connectivity index (χ0) is 30.1. The Morgan fingerprint density at radius 3 is 2.33 bits per heavy atom. The molecule has 7 nitrogen and oxygen atoms in total. The van der Waals surface area contributed by atoms with Gasteiger partial charge in [0.1, 0.15) is 28.0 Å². The number of para-hydroxylation sites is 1. The van der Waals surface area contributed by atoms with Crippen LogP contribution in [0.25, 0.3) is 20.8 Å². The number of nitrogens with zero attached hydrogens (tertiary/aromatic N) is 4. The molecule has 2 unspecified atom stereocenters. The molecular formula is C31H28F4N6OS. The van der Waals surface area contributed by atoms with Gasteiger partial charge in [-0.05, 0) is 69.4 Å². The van der Waals surface area contributed by atoms with Crippen LogP contribution in [0, 0.1) is 43.0 Å². The Bertz CT molecular complexity index is 1760. The average Bonchev–Trinajstić information content (AvgIpc) is 3.60. The van der Waals surface area contributed by atoms with E-state index in [1.807, 2.05) is 19.9 Å². The molecule has 1 aliphatic rings. The van der Waals surface area contributed by atoms with Crippen LogP contribution in [0.5, 0.6) is 5.75 Å². The van der Waals surface area contributed by atoms with E-state index in [1.54, 1.807) is 6.20 Å². The average molecular weight is 609 g/mol. The van der Waals surface area contributed by atoms with Crippen molar-refractivity contribution < 1.29 is 22.3 Å². The largest absolute Gasteiger partial charge is 0.487 e. The second-order valence-corrected chi connectivity index (χ2v) is 11.6. The van der Waals surface area contributed by atoms with Gasteiger partial charge in [0.15, 0.2) is 17.4 Å². The standard InChI is InChI=1S/C31H28F4N6OS/c1-16-26(30-40-27-17(2)36-12-11-25(27)43-30)29(41-31(38-16)37-14-20-21(32)5-3-6-22(20)33)39-19-10-9-18(13-19)15-42-28-23(34)7-4-8-24(28)35/h3-8,11-12,18-19H,9-10,13-15H2,1-2H3,(H2,37,38,39,41). The van der Waals surface area contributed by atoms with Crippen molar-refractivity contribution in [2.75, 3.05) is 17.2 Å². The Hall–Kier alpha value is -4.32. The topological polar surface area (TPSA) is 84.9 Å². The summed E-state index contributed by atoms with van der Waals surface area (Å²) in [6, 6.07) is 9.25. The van der Waals surface area contributed by atoms with Crippen LogP contribution in [0.15, 0.2) is 48.7 Å². The third-order valence-electron chi connectivity index (χ3n) is 7.54. The van der Waals surface area contributed by atoms with Gasteiger partial charge in [-0.15, -0.1) is 11.3 Å². The van der Waals surface area contributed by atoms with Crippen LogP contribution < -0.4 is 15.4 Å². The number of anilines is 2. The molecule has 2 aromatic carbocycles. The van der Waals surface area contributed by atoms with Gasteiger partial charge >= 0.3 is 0 Å². The van der Waals surface area contributed by atoms with Gasteiger partial charge in [-0.3, -0.25) is 4.98 Å². The van der Waals surface area contributed by atoms with Crippen LogP contribution in [0.2, 0.25) is 0 Å². The maximum absolute atomic E-state index is 14.3. The first kappa shape index (κ1) is 28.8. The van der Waals surface area contributed by atoms with Gasteiger partial charge in [-0.1, -0.05) is 12.1 Å². The number of aryl methyl sites for hydroxylation is 2. The van der Waals surface area contributed by atoms with Gasteiger partial charge in [0.2, 0.25) is 5.95 Å². The molecule has 2 atom stereocenters. The Morgan fingerprint density at radius 2 is 1.60 bits per heavy atom. The fraction of sp³-hybridized carbons (Fsp3) is 0.290. The van der Waals surface area contributed by atoms with Crippen molar-refractivity contribution in [3.8, 4) is 16.3 Å². The van der Waals surface area contributed by atoms with E-state index >= 15 is 0 Å². The summed E-state index contributed by atoms with van der Waals surface area (Å²) in [5.41, 5.74) is 2.84. The third kappa shape index (κ3) is 6.10. The van der Waals surface area contributed by atoms with Gasteiger partial charge in [0.05, 0.1) is 28.3 Å². The van der Waals surface area contributed by atoms with Crippen molar-refractivity contribution in [2.24, 2.45) is 5.92 Å². The number of fused-ring (bicyclic) bond motifs is 1. The first-order valence-corrected chi connectivity index (χ1v) is 14.7. The van der Waals surface area contributed by atoms with Crippen LogP contribution >= 0.6 is 11.3 Å². The van der Waals surface area contributed by atoms with Crippen molar-refractivity contribution in [2.45, 2.75) is 45.7 Å². The number of halogens is 4. The number of pyridine rings is 1. The molecule has 3 aromatic heterocycles. The minimum Gasteiger partial charge on any atom is -0.487 e. The summed E-state index contributed by atoms with van der Waals surface area (Å²) in [6.07, 6.45) is 3.99. The lowest BCUT2D eigenvalue weighted by molar-refractivity contribution is 0.231. The van der Waals surface area contributed by atoms with E-state index in [-0.39, 0.29) is 42.4 Å². The van der Waals surface area contributed by atoms with E-state index in [1.165, 1.54) is 47.7 Å². The van der Waals surface area contributed by atoms with Crippen LogP contribution in [-0.4, -0.2) is 32.6 Å².